The van der Waals surface area contributed by atoms with Crippen molar-refractivity contribution in [2.75, 3.05) is 24.7 Å². The lowest BCUT2D eigenvalue weighted by molar-refractivity contribution is 0.257. The lowest BCUT2D eigenvalue weighted by Gasteiger charge is -2.29. The van der Waals surface area contributed by atoms with Gasteiger partial charge in [0.15, 0.2) is 0 Å². The Morgan fingerprint density at radius 2 is 2.21 bits per heavy atom. The smallest absolute Gasteiger partial charge is 0.122 e. The first-order valence-electron chi connectivity index (χ1n) is 7.38. The Balaban J connectivity index is 2.01. The molecule has 0 aliphatic carbocycles. The minimum absolute atomic E-state index is 0.617. The zero-order valence-corrected chi connectivity index (χ0v) is 12.8. The van der Waals surface area contributed by atoms with Gasteiger partial charge in [0.25, 0.3) is 0 Å². The molecule has 2 nitrogen and oxygen atoms in total. The van der Waals surface area contributed by atoms with Gasteiger partial charge in [0, 0.05) is 11.8 Å². The van der Waals surface area contributed by atoms with Crippen LogP contribution in [0.3, 0.4) is 0 Å². The maximum absolute atomic E-state index is 5.75. The van der Waals surface area contributed by atoms with E-state index in [1.807, 2.05) is 11.8 Å². The Morgan fingerprint density at radius 1 is 1.37 bits per heavy atom. The zero-order valence-electron chi connectivity index (χ0n) is 12.0. The van der Waals surface area contributed by atoms with Gasteiger partial charge in [-0.05, 0) is 42.7 Å². The molecule has 0 bridgehead atoms. The van der Waals surface area contributed by atoms with E-state index in [4.69, 9.17) is 4.74 Å². The molecule has 1 aromatic rings. The summed E-state index contributed by atoms with van der Waals surface area (Å²) in [6.07, 6.45) is 2.37. The Hall–Kier alpha value is -0.670. The molecule has 106 valence electrons. The largest absolute Gasteiger partial charge is 0.493 e. The highest BCUT2D eigenvalue weighted by molar-refractivity contribution is 7.99. The van der Waals surface area contributed by atoms with Crippen molar-refractivity contribution in [2.45, 2.75) is 38.6 Å². The fraction of sp³-hybridized carbons (Fsp3) is 0.625. The van der Waals surface area contributed by atoms with Gasteiger partial charge in [0.2, 0.25) is 0 Å². The molecule has 1 aliphatic rings. The standard InChI is InChI=1S/C16H25NOS/c1-3-17-14(12-19-4-2)11-13-9-10-18-16-8-6-5-7-15(13)16/h5-8,13-14,17H,3-4,9-12H2,1-2H3. The summed E-state index contributed by atoms with van der Waals surface area (Å²) in [7, 11) is 0. The lowest BCUT2D eigenvalue weighted by Crippen LogP contribution is -2.34. The molecule has 0 amide bonds. The Labute approximate surface area is 121 Å². The first-order chi connectivity index (χ1) is 9.35. The molecule has 0 fully saturated rings. The third kappa shape index (κ3) is 4.15. The van der Waals surface area contributed by atoms with Crippen LogP contribution in [0.2, 0.25) is 0 Å². The maximum Gasteiger partial charge on any atom is 0.122 e. The number of para-hydroxylation sites is 1. The molecular weight excluding hydrogens is 254 g/mol. The van der Waals surface area contributed by atoms with Crippen LogP contribution in [0.5, 0.6) is 5.75 Å². The van der Waals surface area contributed by atoms with Gasteiger partial charge in [-0.2, -0.15) is 11.8 Å². The van der Waals surface area contributed by atoms with Gasteiger partial charge in [-0.15, -0.1) is 0 Å². The summed E-state index contributed by atoms with van der Waals surface area (Å²) in [6, 6.07) is 9.14. The number of thioether (sulfide) groups is 1. The molecule has 1 aliphatic heterocycles. The molecule has 0 aromatic heterocycles. The summed E-state index contributed by atoms with van der Waals surface area (Å²) in [5, 5.41) is 3.63. The summed E-state index contributed by atoms with van der Waals surface area (Å²) in [5.41, 5.74) is 1.40. The number of hydrogen-bond acceptors (Lipinski definition) is 3. The molecule has 3 heteroatoms. The van der Waals surface area contributed by atoms with Gasteiger partial charge in [-0.1, -0.05) is 32.0 Å². The molecule has 2 unspecified atom stereocenters. The number of rotatable bonds is 7. The third-order valence-electron chi connectivity index (χ3n) is 3.67. The quantitative estimate of drug-likeness (QED) is 0.823. The summed E-state index contributed by atoms with van der Waals surface area (Å²) in [5.74, 6) is 4.15. The zero-order chi connectivity index (χ0) is 13.5. The number of hydrogen-bond donors (Lipinski definition) is 1. The van der Waals surface area contributed by atoms with Gasteiger partial charge < -0.3 is 10.1 Å². The molecule has 0 saturated heterocycles. The maximum atomic E-state index is 5.75. The van der Waals surface area contributed by atoms with E-state index in [2.05, 4.69) is 43.4 Å². The van der Waals surface area contributed by atoms with Crippen LogP contribution in [-0.2, 0) is 0 Å². The van der Waals surface area contributed by atoms with Crippen LogP contribution in [0.1, 0.15) is 38.2 Å². The number of nitrogens with one attached hydrogen (secondary N) is 1. The van der Waals surface area contributed by atoms with Crippen molar-refractivity contribution in [2.24, 2.45) is 0 Å². The van der Waals surface area contributed by atoms with E-state index >= 15 is 0 Å². The van der Waals surface area contributed by atoms with Crippen molar-refractivity contribution < 1.29 is 4.74 Å². The van der Waals surface area contributed by atoms with Crippen molar-refractivity contribution >= 4 is 11.8 Å². The topological polar surface area (TPSA) is 21.3 Å². The molecule has 0 saturated carbocycles. The Bertz CT molecular complexity index is 383. The highest BCUT2D eigenvalue weighted by Crippen LogP contribution is 2.36. The molecule has 2 atom stereocenters. The van der Waals surface area contributed by atoms with Gasteiger partial charge in [0.1, 0.15) is 5.75 Å². The van der Waals surface area contributed by atoms with Crippen molar-refractivity contribution in [3.8, 4) is 5.75 Å². The second-order valence-electron chi connectivity index (χ2n) is 5.02. The summed E-state index contributed by atoms with van der Waals surface area (Å²) in [4.78, 5) is 0. The van der Waals surface area contributed by atoms with Gasteiger partial charge in [-0.3, -0.25) is 0 Å². The van der Waals surface area contributed by atoms with E-state index < -0.39 is 0 Å². The van der Waals surface area contributed by atoms with E-state index in [0.717, 1.165) is 25.3 Å². The molecule has 2 rings (SSSR count). The van der Waals surface area contributed by atoms with Crippen LogP contribution < -0.4 is 10.1 Å². The third-order valence-corrected chi connectivity index (χ3v) is 4.71. The number of fused-ring (bicyclic) bond motifs is 1. The predicted octanol–water partition coefficient (Wildman–Crippen LogP) is 3.67. The normalized spacial score (nSPS) is 19.6. The highest BCUT2D eigenvalue weighted by Gasteiger charge is 2.23. The van der Waals surface area contributed by atoms with Crippen molar-refractivity contribution in [3.05, 3.63) is 29.8 Å². The minimum Gasteiger partial charge on any atom is -0.493 e. The fourth-order valence-corrected chi connectivity index (χ4v) is 3.54. The Morgan fingerprint density at radius 3 is 3.00 bits per heavy atom. The average Bonchev–Trinajstić information content (AvgIpc) is 2.45. The van der Waals surface area contributed by atoms with Gasteiger partial charge in [0.05, 0.1) is 6.61 Å². The minimum atomic E-state index is 0.617. The summed E-state index contributed by atoms with van der Waals surface area (Å²) >= 11 is 2.03. The van der Waals surface area contributed by atoms with Crippen molar-refractivity contribution in [1.82, 2.24) is 5.32 Å². The monoisotopic (exact) mass is 279 g/mol. The van der Waals surface area contributed by atoms with Crippen LogP contribution in [0.15, 0.2) is 24.3 Å². The van der Waals surface area contributed by atoms with Gasteiger partial charge >= 0.3 is 0 Å². The van der Waals surface area contributed by atoms with Crippen LogP contribution >= 0.6 is 11.8 Å². The van der Waals surface area contributed by atoms with Crippen molar-refractivity contribution in [1.29, 1.82) is 0 Å². The van der Waals surface area contributed by atoms with Crippen molar-refractivity contribution in [3.63, 3.8) is 0 Å². The number of ether oxygens (including phenoxy) is 1. The van der Waals surface area contributed by atoms with E-state index in [1.165, 1.54) is 23.5 Å². The molecule has 1 aromatic carbocycles. The molecular formula is C16H25NOS. The fourth-order valence-electron chi connectivity index (χ4n) is 2.76. The first-order valence-corrected chi connectivity index (χ1v) is 8.53. The SMILES string of the molecule is CCNC(CSCC)CC1CCOc2ccccc21. The van der Waals surface area contributed by atoms with Crippen LogP contribution in [0.25, 0.3) is 0 Å². The predicted molar refractivity (Wildman–Crippen MR) is 84.4 cm³/mol. The van der Waals surface area contributed by atoms with Crippen LogP contribution in [0, 0.1) is 0 Å². The molecule has 19 heavy (non-hydrogen) atoms. The molecule has 0 radical (unpaired) electrons. The van der Waals surface area contributed by atoms with Crippen LogP contribution in [-0.4, -0.2) is 30.7 Å². The first kappa shape index (κ1) is 14.7. The average molecular weight is 279 g/mol. The molecule has 1 heterocycles. The second-order valence-corrected chi connectivity index (χ2v) is 6.34. The second kappa shape index (κ2) is 7.81. The number of benzene rings is 1. The lowest BCUT2D eigenvalue weighted by atomic mass is 9.88. The van der Waals surface area contributed by atoms with Crippen LogP contribution in [0.4, 0.5) is 0 Å². The van der Waals surface area contributed by atoms with E-state index in [0.29, 0.717) is 12.0 Å². The van der Waals surface area contributed by atoms with E-state index in [9.17, 15) is 0 Å². The summed E-state index contributed by atoms with van der Waals surface area (Å²) in [6.45, 7) is 6.35. The molecule has 0 spiro atoms. The molecule has 1 N–H and O–H groups in total. The van der Waals surface area contributed by atoms with E-state index in [1.54, 1.807) is 0 Å². The summed E-state index contributed by atoms with van der Waals surface area (Å²) < 4.78 is 5.75. The highest BCUT2D eigenvalue weighted by atomic mass is 32.2. The van der Waals surface area contributed by atoms with Gasteiger partial charge in [-0.25, -0.2) is 0 Å². The van der Waals surface area contributed by atoms with E-state index in [-0.39, 0.29) is 0 Å². The Kier molecular flexibility index (Phi) is 6.05.